The van der Waals surface area contributed by atoms with E-state index in [1.807, 2.05) is 50.2 Å². The summed E-state index contributed by atoms with van der Waals surface area (Å²) < 4.78 is 42.7. The normalized spacial score (nSPS) is 12.9. The third kappa shape index (κ3) is 8.80. The zero-order valence-corrected chi connectivity index (χ0v) is 35.1. The van der Waals surface area contributed by atoms with Crippen LogP contribution >= 0.6 is 0 Å². The van der Waals surface area contributed by atoms with E-state index >= 15 is 0 Å². The molecule has 0 spiro atoms. The van der Waals surface area contributed by atoms with Gasteiger partial charge in [0.25, 0.3) is 0 Å². The van der Waals surface area contributed by atoms with E-state index in [1.165, 1.54) is 12.1 Å². The summed E-state index contributed by atoms with van der Waals surface area (Å²) in [6.45, 7) is 10.4. The van der Waals surface area contributed by atoms with Crippen molar-refractivity contribution in [2.45, 2.75) is 27.7 Å². The molecule has 0 saturated heterocycles. The largest absolute Gasteiger partial charge is 0.486 e. The average molecular weight is 844 g/mol. The summed E-state index contributed by atoms with van der Waals surface area (Å²) in [6, 6.07) is 29.9. The zero-order chi connectivity index (χ0) is 43.5. The second-order valence-electron chi connectivity index (χ2n) is 15.1. The molecule has 0 bridgehead atoms. The summed E-state index contributed by atoms with van der Waals surface area (Å²) in [5.74, 6) is 2.66. The van der Waals surface area contributed by atoms with E-state index in [4.69, 9.17) is 9.47 Å². The molecule has 13 nitrogen and oxygen atoms in total. The molecule has 8 aromatic rings. The zero-order valence-electron chi connectivity index (χ0n) is 35.1. The van der Waals surface area contributed by atoms with Crippen LogP contribution in [0.4, 0.5) is 55.1 Å². The van der Waals surface area contributed by atoms with Gasteiger partial charge >= 0.3 is 0 Å². The molecule has 15 heteroatoms. The number of halogens is 2. The Balaban J connectivity index is 0.000000160. The number of ether oxygens (including phenoxy) is 2. The third-order valence-corrected chi connectivity index (χ3v) is 10.6. The Morgan fingerprint density at radius 2 is 1.14 bits per heavy atom. The Hall–Kier alpha value is -7.94. The van der Waals surface area contributed by atoms with Crippen LogP contribution in [0.5, 0.6) is 11.5 Å². The molecule has 10 rings (SSSR count). The number of aryl methyl sites for hydroxylation is 4. The van der Waals surface area contributed by atoms with Crippen molar-refractivity contribution >= 4 is 46.3 Å². The summed E-state index contributed by atoms with van der Waals surface area (Å²) in [5.41, 5.74) is 8.96. The van der Waals surface area contributed by atoms with Gasteiger partial charge in [-0.05, 0) is 105 Å². The highest BCUT2D eigenvalue weighted by Crippen LogP contribution is 2.38. The second kappa shape index (κ2) is 17.6. The van der Waals surface area contributed by atoms with Gasteiger partial charge in [-0.15, -0.1) is 0 Å². The van der Waals surface area contributed by atoms with Crippen molar-refractivity contribution in [3.8, 4) is 28.3 Å². The molecule has 6 heterocycles. The number of imidazole rings is 1. The summed E-state index contributed by atoms with van der Waals surface area (Å²) in [7, 11) is 0. The lowest BCUT2D eigenvalue weighted by Crippen LogP contribution is -2.30. The molecule has 0 fully saturated rings. The molecule has 0 unspecified atom stereocenters. The number of hydrogen-bond donors (Lipinski definition) is 2. The van der Waals surface area contributed by atoms with Gasteiger partial charge in [-0.1, -0.05) is 36.4 Å². The van der Waals surface area contributed by atoms with E-state index in [9.17, 15) is 8.78 Å². The van der Waals surface area contributed by atoms with E-state index in [0.29, 0.717) is 84.0 Å². The van der Waals surface area contributed by atoms with E-state index in [0.717, 1.165) is 39.5 Å². The van der Waals surface area contributed by atoms with Crippen LogP contribution in [0.2, 0.25) is 0 Å². The number of aromatic nitrogens is 7. The highest BCUT2D eigenvalue weighted by molar-refractivity contribution is 5.73. The fraction of sp³-hybridized carbons (Fsp3) is 0.167. The summed E-state index contributed by atoms with van der Waals surface area (Å²) in [4.78, 5) is 30.6. The van der Waals surface area contributed by atoms with Crippen LogP contribution in [0.25, 0.3) is 16.8 Å². The standard InChI is InChI=1S/C25H22FN5O.C23H21FN6O/c1-16-5-3-4-6-22(16)31-11-12-32-23-15-28-25(30-24(23)31)29-19-7-8-20(21(26)14-19)18-9-10-27-17(2)13-18;1-15-5-3-4-6-19(15)30-9-10-31-21-12-25-23(28-22(21)30)27-17-7-8-20(18(24)11-17)29-13-16(2)26-14-29/h3-10,13-15H,11-12H2,1-2H3,(H,28,29,30);3-8,11-14H,9-10H2,1-2H3,(H,25,27,28). The SMILES string of the molecule is Cc1cc(-c2ccc(Nc3ncc4c(n3)N(c3ccccc3C)CCO4)cc2F)ccn1.Cc1cn(-c2ccc(Nc3ncc4c(n3)N(c3ccccc3C)CCO4)cc2F)cn1. The molecule has 2 aliphatic rings. The van der Waals surface area contributed by atoms with Crippen LogP contribution in [0.15, 0.2) is 128 Å². The molecule has 2 aliphatic heterocycles. The van der Waals surface area contributed by atoms with Crippen molar-refractivity contribution in [1.29, 1.82) is 0 Å². The van der Waals surface area contributed by atoms with Gasteiger partial charge in [0.1, 0.15) is 24.8 Å². The number of hydrogen-bond acceptors (Lipinski definition) is 12. The van der Waals surface area contributed by atoms with E-state index in [2.05, 4.69) is 88.5 Å². The van der Waals surface area contributed by atoms with Crippen molar-refractivity contribution in [2.75, 3.05) is 46.7 Å². The van der Waals surface area contributed by atoms with E-state index in [-0.39, 0.29) is 11.6 Å². The number of rotatable bonds is 8. The first-order valence-electron chi connectivity index (χ1n) is 20.4. The van der Waals surface area contributed by atoms with Crippen LogP contribution in [-0.4, -0.2) is 60.8 Å². The molecule has 0 radical (unpaired) electrons. The number of pyridine rings is 1. The Labute approximate surface area is 363 Å². The smallest absolute Gasteiger partial charge is 0.229 e. The Bertz CT molecular complexity index is 2940. The van der Waals surface area contributed by atoms with Gasteiger partial charge in [0.05, 0.1) is 43.2 Å². The van der Waals surface area contributed by atoms with Crippen LogP contribution < -0.4 is 29.9 Å². The maximum atomic E-state index is 14.8. The van der Waals surface area contributed by atoms with Gasteiger partial charge in [0.2, 0.25) is 11.9 Å². The van der Waals surface area contributed by atoms with Gasteiger partial charge in [-0.25, -0.2) is 23.7 Å². The molecule has 316 valence electrons. The van der Waals surface area contributed by atoms with Gasteiger partial charge in [0, 0.05) is 46.4 Å². The fourth-order valence-corrected chi connectivity index (χ4v) is 7.49. The van der Waals surface area contributed by atoms with Crippen molar-refractivity contribution in [1.82, 2.24) is 34.5 Å². The van der Waals surface area contributed by atoms with Crippen molar-refractivity contribution < 1.29 is 18.3 Å². The molecule has 2 N–H and O–H groups in total. The maximum Gasteiger partial charge on any atom is 0.229 e. The molecule has 0 amide bonds. The highest BCUT2D eigenvalue weighted by Gasteiger charge is 2.25. The number of benzene rings is 4. The van der Waals surface area contributed by atoms with Crippen LogP contribution in [0.1, 0.15) is 22.5 Å². The topological polar surface area (TPSA) is 131 Å². The monoisotopic (exact) mass is 843 g/mol. The van der Waals surface area contributed by atoms with Gasteiger partial charge in [0.15, 0.2) is 23.1 Å². The van der Waals surface area contributed by atoms with Crippen molar-refractivity contribution in [3.05, 3.63) is 162 Å². The number of nitrogens with one attached hydrogen (secondary N) is 2. The molecule has 0 saturated carbocycles. The van der Waals surface area contributed by atoms with Crippen molar-refractivity contribution in [3.63, 3.8) is 0 Å². The Morgan fingerprint density at radius 3 is 1.67 bits per heavy atom. The van der Waals surface area contributed by atoms with Gasteiger partial charge < -0.3 is 34.5 Å². The Kier molecular flexibility index (Phi) is 11.3. The van der Waals surface area contributed by atoms with Crippen LogP contribution in [-0.2, 0) is 0 Å². The summed E-state index contributed by atoms with van der Waals surface area (Å²) in [5, 5.41) is 6.21. The minimum Gasteiger partial charge on any atom is -0.486 e. The molecule has 4 aromatic heterocycles. The number of nitrogens with zero attached hydrogens (tertiary/aromatic N) is 9. The fourth-order valence-electron chi connectivity index (χ4n) is 7.49. The number of para-hydroxylation sites is 2. The lowest BCUT2D eigenvalue weighted by molar-refractivity contribution is 0.310. The predicted molar refractivity (Wildman–Crippen MR) is 241 cm³/mol. The lowest BCUT2D eigenvalue weighted by atomic mass is 10.1. The third-order valence-electron chi connectivity index (χ3n) is 10.6. The first-order chi connectivity index (χ1) is 30.7. The Morgan fingerprint density at radius 1 is 0.571 bits per heavy atom. The quantitative estimate of drug-likeness (QED) is 0.151. The van der Waals surface area contributed by atoms with Crippen molar-refractivity contribution in [2.24, 2.45) is 0 Å². The molecule has 63 heavy (non-hydrogen) atoms. The molecular formula is C48H43F2N11O2. The highest BCUT2D eigenvalue weighted by atomic mass is 19.1. The minimum atomic E-state index is -0.370. The molecule has 0 aliphatic carbocycles. The minimum absolute atomic E-state index is 0.330. The molecule has 4 aromatic carbocycles. The van der Waals surface area contributed by atoms with Gasteiger partial charge in [-0.3, -0.25) is 4.98 Å². The van der Waals surface area contributed by atoms with Gasteiger partial charge in [-0.2, -0.15) is 9.97 Å². The van der Waals surface area contributed by atoms with Crippen LogP contribution in [0, 0.1) is 39.3 Å². The number of anilines is 8. The predicted octanol–water partition coefficient (Wildman–Crippen LogP) is 10.3. The van der Waals surface area contributed by atoms with E-state index in [1.54, 1.807) is 59.9 Å². The average Bonchev–Trinajstić information content (AvgIpc) is 3.72. The lowest BCUT2D eigenvalue weighted by Gasteiger charge is -2.31. The molecule has 0 atom stereocenters. The van der Waals surface area contributed by atoms with Crippen LogP contribution in [0.3, 0.4) is 0 Å². The van der Waals surface area contributed by atoms with E-state index < -0.39 is 0 Å². The maximum absolute atomic E-state index is 14.8. The molecular weight excluding hydrogens is 801 g/mol. The second-order valence-corrected chi connectivity index (χ2v) is 15.1. The summed E-state index contributed by atoms with van der Waals surface area (Å²) >= 11 is 0. The first-order valence-corrected chi connectivity index (χ1v) is 20.4. The summed E-state index contributed by atoms with van der Waals surface area (Å²) in [6.07, 6.45) is 8.35. The first kappa shape index (κ1) is 40.5. The number of fused-ring (bicyclic) bond motifs is 2.